The van der Waals surface area contributed by atoms with E-state index in [1.807, 2.05) is 43.9 Å². The Morgan fingerprint density at radius 2 is 1.72 bits per heavy atom. The average Bonchev–Trinajstić information content (AvgIpc) is 2.67. The molecule has 1 heterocycles. The molecule has 7 nitrogen and oxygen atoms in total. The van der Waals surface area contributed by atoms with Gasteiger partial charge in [-0.3, -0.25) is 4.99 Å². The SMILES string of the molecule is CC(OCCCN=C(N)N1CCN(C(=O)OC(C)(C)C)CC1)c1ccccc1.I. The van der Waals surface area contributed by atoms with Crippen molar-refractivity contribution in [2.24, 2.45) is 10.7 Å². The lowest BCUT2D eigenvalue weighted by Crippen LogP contribution is -2.53. The van der Waals surface area contributed by atoms with E-state index < -0.39 is 5.60 Å². The van der Waals surface area contributed by atoms with Gasteiger partial charge in [0.15, 0.2) is 5.96 Å². The van der Waals surface area contributed by atoms with Crippen molar-refractivity contribution >= 4 is 36.0 Å². The van der Waals surface area contributed by atoms with E-state index >= 15 is 0 Å². The molecule has 1 saturated heterocycles. The minimum atomic E-state index is -0.477. The van der Waals surface area contributed by atoms with Gasteiger partial charge < -0.3 is 25.0 Å². The third kappa shape index (κ3) is 9.20. The Labute approximate surface area is 191 Å². The summed E-state index contributed by atoms with van der Waals surface area (Å²) in [7, 11) is 0. The molecule has 8 heteroatoms. The summed E-state index contributed by atoms with van der Waals surface area (Å²) >= 11 is 0. The number of halogens is 1. The molecule has 0 radical (unpaired) electrons. The van der Waals surface area contributed by atoms with Crippen LogP contribution in [0.15, 0.2) is 35.3 Å². The third-order valence-corrected chi connectivity index (χ3v) is 4.47. The van der Waals surface area contributed by atoms with Gasteiger partial charge in [0, 0.05) is 39.3 Å². The topological polar surface area (TPSA) is 80.4 Å². The molecule has 1 unspecified atom stereocenters. The van der Waals surface area contributed by atoms with Gasteiger partial charge in [0.25, 0.3) is 0 Å². The standard InChI is InChI=1S/C21H34N4O3.HI/c1-17(18-9-6-5-7-10-18)27-16-8-11-23-19(22)24-12-14-25(15-13-24)20(26)28-21(2,3)4;/h5-7,9-10,17H,8,11-16H2,1-4H3,(H2,22,23);1H. The minimum absolute atomic E-state index is 0. The second-order valence-corrected chi connectivity index (χ2v) is 7.97. The number of nitrogens with zero attached hydrogens (tertiary/aromatic N) is 3. The summed E-state index contributed by atoms with van der Waals surface area (Å²) in [6.45, 7) is 11.4. The molecule has 2 N–H and O–H groups in total. The van der Waals surface area contributed by atoms with Crippen molar-refractivity contribution in [2.45, 2.75) is 45.8 Å². The Morgan fingerprint density at radius 1 is 1.14 bits per heavy atom. The lowest BCUT2D eigenvalue weighted by Gasteiger charge is -2.36. The van der Waals surface area contributed by atoms with Gasteiger partial charge in [-0.2, -0.15) is 0 Å². The van der Waals surface area contributed by atoms with E-state index in [1.54, 1.807) is 4.90 Å². The van der Waals surface area contributed by atoms with Crippen molar-refractivity contribution in [2.75, 3.05) is 39.3 Å². The summed E-state index contributed by atoms with van der Waals surface area (Å²) in [4.78, 5) is 20.3. The van der Waals surface area contributed by atoms with Crippen LogP contribution in [-0.4, -0.2) is 66.8 Å². The van der Waals surface area contributed by atoms with Gasteiger partial charge in [-0.25, -0.2) is 4.79 Å². The fraction of sp³-hybridized carbons (Fsp3) is 0.619. The van der Waals surface area contributed by atoms with E-state index in [9.17, 15) is 4.79 Å². The van der Waals surface area contributed by atoms with Gasteiger partial charge >= 0.3 is 6.09 Å². The first-order valence-corrected chi connectivity index (χ1v) is 9.95. The smallest absolute Gasteiger partial charge is 0.410 e. The van der Waals surface area contributed by atoms with Crippen LogP contribution in [0, 0.1) is 0 Å². The quantitative estimate of drug-likeness (QED) is 0.269. The predicted molar refractivity (Wildman–Crippen MR) is 127 cm³/mol. The first-order valence-electron chi connectivity index (χ1n) is 9.95. The van der Waals surface area contributed by atoms with E-state index in [4.69, 9.17) is 15.2 Å². The molecule has 0 bridgehead atoms. The Balaban J connectivity index is 0.00000420. The second-order valence-electron chi connectivity index (χ2n) is 7.97. The zero-order chi connectivity index (χ0) is 20.6. The van der Waals surface area contributed by atoms with Crippen LogP contribution in [0.5, 0.6) is 0 Å². The van der Waals surface area contributed by atoms with E-state index in [2.05, 4.69) is 24.0 Å². The Kier molecular flexibility index (Phi) is 10.7. The van der Waals surface area contributed by atoms with Crippen LogP contribution < -0.4 is 5.73 Å². The first kappa shape index (κ1) is 25.5. The minimum Gasteiger partial charge on any atom is -0.444 e. The monoisotopic (exact) mass is 518 g/mol. The normalized spacial score (nSPS) is 16.2. The Morgan fingerprint density at radius 3 is 2.31 bits per heavy atom. The number of piperazine rings is 1. The van der Waals surface area contributed by atoms with Gasteiger partial charge in [-0.05, 0) is 39.7 Å². The third-order valence-electron chi connectivity index (χ3n) is 4.47. The summed E-state index contributed by atoms with van der Waals surface area (Å²) in [6.07, 6.45) is 0.617. The van der Waals surface area contributed by atoms with Gasteiger partial charge in [0.05, 0.1) is 6.10 Å². The summed E-state index contributed by atoms with van der Waals surface area (Å²) in [5.74, 6) is 0.528. The molecule has 1 amide bonds. The maximum Gasteiger partial charge on any atom is 0.410 e. The number of hydrogen-bond acceptors (Lipinski definition) is 4. The molecule has 1 aliphatic heterocycles. The molecule has 1 aromatic rings. The van der Waals surface area contributed by atoms with Crippen LogP contribution in [0.3, 0.4) is 0 Å². The summed E-state index contributed by atoms with van der Waals surface area (Å²) < 4.78 is 11.3. The molecule has 29 heavy (non-hydrogen) atoms. The predicted octanol–water partition coefficient (Wildman–Crippen LogP) is 3.64. The van der Waals surface area contributed by atoms with Gasteiger partial charge in [-0.15, -0.1) is 24.0 Å². The maximum absolute atomic E-state index is 12.1. The Hall–Kier alpha value is -1.55. The zero-order valence-corrected chi connectivity index (χ0v) is 20.3. The molecule has 1 aliphatic rings. The number of ether oxygens (including phenoxy) is 2. The molecule has 0 aliphatic carbocycles. The van der Waals surface area contributed by atoms with Gasteiger partial charge in [0.1, 0.15) is 5.60 Å². The highest BCUT2D eigenvalue weighted by molar-refractivity contribution is 14.0. The fourth-order valence-corrected chi connectivity index (χ4v) is 2.88. The molecule has 0 aromatic heterocycles. The lowest BCUT2D eigenvalue weighted by atomic mass is 10.1. The molecule has 0 spiro atoms. The lowest BCUT2D eigenvalue weighted by molar-refractivity contribution is 0.0186. The average molecular weight is 518 g/mol. The maximum atomic E-state index is 12.1. The number of aliphatic imine (C=N–C) groups is 1. The number of guanidine groups is 1. The van der Waals surface area contributed by atoms with Crippen molar-refractivity contribution in [1.29, 1.82) is 0 Å². The molecule has 1 atom stereocenters. The van der Waals surface area contributed by atoms with E-state index in [0.29, 0.717) is 45.3 Å². The molecular weight excluding hydrogens is 483 g/mol. The number of carbonyl (C=O) groups is 1. The van der Waals surface area contributed by atoms with E-state index in [0.717, 1.165) is 6.42 Å². The number of nitrogens with two attached hydrogens (primary N) is 1. The molecule has 1 aromatic carbocycles. The zero-order valence-electron chi connectivity index (χ0n) is 18.0. The first-order chi connectivity index (χ1) is 13.3. The van der Waals surface area contributed by atoms with Crippen LogP contribution in [0.1, 0.15) is 45.8 Å². The van der Waals surface area contributed by atoms with E-state index in [-0.39, 0.29) is 36.2 Å². The van der Waals surface area contributed by atoms with Crippen molar-refractivity contribution < 1.29 is 14.3 Å². The summed E-state index contributed by atoms with van der Waals surface area (Å²) in [6, 6.07) is 10.2. The number of hydrogen-bond donors (Lipinski definition) is 1. The molecule has 0 saturated carbocycles. The molecule has 2 rings (SSSR count). The highest BCUT2D eigenvalue weighted by Crippen LogP contribution is 2.16. The molecule has 1 fully saturated rings. The molecular formula is C21H35IN4O3. The Bertz CT molecular complexity index is 641. The van der Waals surface area contributed by atoms with Crippen molar-refractivity contribution in [3.05, 3.63) is 35.9 Å². The number of amides is 1. The second kappa shape index (κ2) is 12.2. The van der Waals surface area contributed by atoms with Crippen molar-refractivity contribution in [1.82, 2.24) is 9.80 Å². The summed E-state index contributed by atoms with van der Waals surface area (Å²) in [5, 5.41) is 0. The van der Waals surface area contributed by atoms with Crippen molar-refractivity contribution in [3.63, 3.8) is 0 Å². The highest BCUT2D eigenvalue weighted by atomic mass is 127. The van der Waals surface area contributed by atoms with Gasteiger partial charge in [-0.1, -0.05) is 30.3 Å². The van der Waals surface area contributed by atoms with Crippen LogP contribution in [0.25, 0.3) is 0 Å². The summed E-state index contributed by atoms with van der Waals surface area (Å²) in [5.41, 5.74) is 6.80. The van der Waals surface area contributed by atoms with Crippen LogP contribution >= 0.6 is 24.0 Å². The number of carbonyl (C=O) groups excluding carboxylic acids is 1. The number of benzene rings is 1. The largest absolute Gasteiger partial charge is 0.444 e. The van der Waals surface area contributed by atoms with Crippen LogP contribution in [0.2, 0.25) is 0 Å². The van der Waals surface area contributed by atoms with Crippen LogP contribution in [-0.2, 0) is 9.47 Å². The van der Waals surface area contributed by atoms with Crippen molar-refractivity contribution in [3.8, 4) is 0 Å². The highest BCUT2D eigenvalue weighted by Gasteiger charge is 2.26. The van der Waals surface area contributed by atoms with Crippen LogP contribution in [0.4, 0.5) is 4.79 Å². The number of rotatable bonds is 6. The van der Waals surface area contributed by atoms with Gasteiger partial charge in [0.2, 0.25) is 0 Å². The molecule has 164 valence electrons. The fourth-order valence-electron chi connectivity index (χ4n) is 2.88. The van der Waals surface area contributed by atoms with E-state index in [1.165, 1.54) is 5.56 Å².